The van der Waals surface area contributed by atoms with Crippen molar-refractivity contribution in [3.8, 4) is 0 Å². The largest absolute Gasteiger partial charge is 0.384 e. The van der Waals surface area contributed by atoms with Crippen LogP contribution in [0.5, 0.6) is 0 Å². The summed E-state index contributed by atoms with van der Waals surface area (Å²) in [4.78, 5) is 0. The minimum absolute atomic E-state index is 0.0767. The van der Waals surface area contributed by atoms with Gasteiger partial charge >= 0.3 is 0 Å². The van der Waals surface area contributed by atoms with Gasteiger partial charge in [-0.05, 0) is 23.6 Å². The van der Waals surface area contributed by atoms with Gasteiger partial charge in [-0.3, -0.25) is 0 Å². The number of benzene rings is 2. The Bertz CT molecular complexity index is 655. The zero-order valence-corrected chi connectivity index (χ0v) is 11.9. The van der Waals surface area contributed by atoms with Crippen molar-refractivity contribution in [1.29, 1.82) is 0 Å². The van der Waals surface area contributed by atoms with Gasteiger partial charge < -0.3 is 5.32 Å². The maximum Gasteiger partial charge on any atom is 0.210 e. The number of hydrogen-bond donors (Lipinski definition) is 2. The van der Waals surface area contributed by atoms with Crippen LogP contribution in [-0.2, 0) is 16.4 Å². The van der Waals surface area contributed by atoms with E-state index in [9.17, 15) is 8.42 Å². The van der Waals surface area contributed by atoms with E-state index in [2.05, 4.69) is 17.4 Å². The van der Waals surface area contributed by atoms with Gasteiger partial charge in [-0.2, -0.15) is 0 Å². The summed E-state index contributed by atoms with van der Waals surface area (Å²) in [6.07, 6.45) is 0.805. The van der Waals surface area contributed by atoms with E-state index in [1.54, 1.807) is 0 Å². The zero-order chi connectivity index (χ0) is 14.4. The summed E-state index contributed by atoms with van der Waals surface area (Å²) >= 11 is 0. The number of hydrogen-bond acceptors (Lipinski definition) is 3. The fraction of sp³-hybridized carbons (Fsp3) is 0.200. The lowest BCUT2D eigenvalue weighted by Crippen LogP contribution is -2.22. The molecule has 0 saturated heterocycles. The van der Waals surface area contributed by atoms with Gasteiger partial charge in [0.15, 0.2) is 0 Å². The van der Waals surface area contributed by atoms with Crippen LogP contribution in [0.3, 0.4) is 0 Å². The lowest BCUT2D eigenvalue weighted by molar-refractivity contribution is 0.598. The molecular formula is C15H18N2O2S. The number of para-hydroxylation sites is 1. The molecule has 4 nitrogen and oxygen atoms in total. The fourth-order valence-corrected chi connectivity index (χ4v) is 2.38. The molecule has 0 aromatic heterocycles. The third kappa shape index (κ3) is 4.68. The topological polar surface area (TPSA) is 72.2 Å². The standard InChI is InChI=1S/C15H18N2O2S/c16-20(18,19)11-10-17-15-9-5-4-8-14(15)12-13-6-2-1-3-7-13/h1-9,17H,10-12H2,(H2,16,18,19). The van der Waals surface area contributed by atoms with Gasteiger partial charge in [-0.25, -0.2) is 13.6 Å². The van der Waals surface area contributed by atoms with E-state index in [-0.39, 0.29) is 5.75 Å². The second-order valence-electron chi connectivity index (χ2n) is 4.61. The van der Waals surface area contributed by atoms with Crippen LogP contribution >= 0.6 is 0 Å². The third-order valence-electron chi connectivity index (χ3n) is 2.96. The SMILES string of the molecule is NS(=O)(=O)CCNc1ccccc1Cc1ccccc1. The molecule has 0 aliphatic rings. The highest BCUT2D eigenvalue weighted by Gasteiger charge is 2.05. The predicted molar refractivity (Wildman–Crippen MR) is 82.2 cm³/mol. The first-order chi connectivity index (χ1) is 9.54. The highest BCUT2D eigenvalue weighted by Crippen LogP contribution is 2.18. The van der Waals surface area contributed by atoms with Crippen molar-refractivity contribution in [2.24, 2.45) is 5.14 Å². The van der Waals surface area contributed by atoms with E-state index in [4.69, 9.17) is 5.14 Å². The van der Waals surface area contributed by atoms with E-state index in [0.29, 0.717) is 6.54 Å². The van der Waals surface area contributed by atoms with Crippen LogP contribution in [0.2, 0.25) is 0 Å². The Balaban J connectivity index is 2.06. The van der Waals surface area contributed by atoms with Crippen molar-refractivity contribution in [1.82, 2.24) is 0 Å². The van der Waals surface area contributed by atoms with E-state index in [0.717, 1.165) is 17.7 Å². The van der Waals surface area contributed by atoms with Crippen LogP contribution in [0.15, 0.2) is 54.6 Å². The van der Waals surface area contributed by atoms with Gasteiger partial charge in [0.1, 0.15) is 0 Å². The van der Waals surface area contributed by atoms with Gasteiger partial charge in [0, 0.05) is 12.2 Å². The first-order valence-corrected chi connectivity index (χ1v) is 8.12. The van der Waals surface area contributed by atoms with E-state index in [1.807, 2.05) is 42.5 Å². The van der Waals surface area contributed by atoms with E-state index in [1.165, 1.54) is 5.56 Å². The molecule has 0 aliphatic heterocycles. The highest BCUT2D eigenvalue weighted by molar-refractivity contribution is 7.89. The van der Waals surface area contributed by atoms with Crippen LogP contribution in [0.1, 0.15) is 11.1 Å². The second-order valence-corrected chi connectivity index (χ2v) is 6.35. The first kappa shape index (κ1) is 14.6. The minimum Gasteiger partial charge on any atom is -0.384 e. The molecule has 0 heterocycles. The molecule has 0 radical (unpaired) electrons. The maximum absolute atomic E-state index is 10.9. The second kappa shape index (κ2) is 6.54. The summed E-state index contributed by atoms with van der Waals surface area (Å²) < 4.78 is 21.9. The molecule has 0 atom stereocenters. The molecule has 0 amide bonds. The molecule has 0 spiro atoms. The summed E-state index contributed by atoms with van der Waals surface area (Å²) in [5.41, 5.74) is 3.29. The Kier molecular flexibility index (Phi) is 4.76. The van der Waals surface area contributed by atoms with E-state index >= 15 is 0 Å². The van der Waals surface area contributed by atoms with Crippen molar-refractivity contribution >= 4 is 15.7 Å². The van der Waals surface area contributed by atoms with Crippen LogP contribution in [0, 0.1) is 0 Å². The minimum atomic E-state index is -3.43. The van der Waals surface area contributed by atoms with Crippen molar-refractivity contribution in [2.45, 2.75) is 6.42 Å². The number of primary sulfonamides is 1. The molecule has 20 heavy (non-hydrogen) atoms. The molecule has 0 unspecified atom stereocenters. The molecule has 106 valence electrons. The lowest BCUT2D eigenvalue weighted by atomic mass is 10.0. The summed E-state index contributed by atoms with van der Waals surface area (Å²) in [5.74, 6) is -0.0767. The lowest BCUT2D eigenvalue weighted by Gasteiger charge is -2.11. The monoisotopic (exact) mass is 290 g/mol. The molecule has 0 bridgehead atoms. The Hall–Kier alpha value is -1.85. The number of anilines is 1. The summed E-state index contributed by atoms with van der Waals surface area (Å²) in [7, 11) is -3.43. The normalized spacial score (nSPS) is 11.2. The van der Waals surface area contributed by atoms with Crippen molar-refractivity contribution in [3.05, 3.63) is 65.7 Å². The summed E-state index contributed by atoms with van der Waals surface area (Å²) in [6, 6.07) is 18.0. The van der Waals surface area contributed by atoms with Crippen molar-refractivity contribution in [3.63, 3.8) is 0 Å². The summed E-state index contributed by atoms with van der Waals surface area (Å²) in [6.45, 7) is 0.310. The average molecular weight is 290 g/mol. The van der Waals surface area contributed by atoms with Crippen LogP contribution in [-0.4, -0.2) is 20.7 Å². The molecule has 2 rings (SSSR count). The maximum atomic E-state index is 10.9. The van der Waals surface area contributed by atoms with Crippen molar-refractivity contribution in [2.75, 3.05) is 17.6 Å². The number of sulfonamides is 1. The quantitative estimate of drug-likeness (QED) is 0.854. The van der Waals surface area contributed by atoms with Gasteiger partial charge in [-0.15, -0.1) is 0 Å². The molecule has 3 N–H and O–H groups in total. The molecule has 0 fully saturated rings. The Morgan fingerprint density at radius 2 is 1.60 bits per heavy atom. The molecule has 0 aliphatic carbocycles. The predicted octanol–water partition coefficient (Wildman–Crippen LogP) is 1.98. The van der Waals surface area contributed by atoms with Gasteiger partial charge in [0.25, 0.3) is 0 Å². The zero-order valence-electron chi connectivity index (χ0n) is 11.1. The Morgan fingerprint density at radius 1 is 0.950 bits per heavy atom. The third-order valence-corrected chi connectivity index (χ3v) is 3.73. The van der Waals surface area contributed by atoms with Crippen LogP contribution < -0.4 is 10.5 Å². The smallest absolute Gasteiger partial charge is 0.210 e. The van der Waals surface area contributed by atoms with Crippen LogP contribution in [0.25, 0.3) is 0 Å². The Labute approximate surface area is 119 Å². The van der Waals surface area contributed by atoms with Gasteiger partial charge in [0.05, 0.1) is 5.75 Å². The molecule has 2 aromatic rings. The fourth-order valence-electron chi connectivity index (χ4n) is 1.99. The molecule has 2 aromatic carbocycles. The first-order valence-electron chi connectivity index (χ1n) is 6.41. The molecule has 5 heteroatoms. The average Bonchev–Trinajstić information content (AvgIpc) is 2.40. The number of nitrogens with one attached hydrogen (secondary N) is 1. The van der Waals surface area contributed by atoms with Gasteiger partial charge in [-0.1, -0.05) is 48.5 Å². The number of rotatable bonds is 6. The molecular weight excluding hydrogens is 272 g/mol. The summed E-state index contributed by atoms with van der Waals surface area (Å²) in [5, 5.41) is 8.12. The van der Waals surface area contributed by atoms with Crippen LogP contribution in [0.4, 0.5) is 5.69 Å². The van der Waals surface area contributed by atoms with E-state index < -0.39 is 10.0 Å². The molecule has 0 saturated carbocycles. The van der Waals surface area contributed by atoms with Gasteiger partial charge in [0.2, 0.25) is 10.0 Å². The van der Waals surface area contributed by atoms with Crippen molar-refractivity contribution < 1.29 is 8.42 Å². The Morgan fingerprint density at radius 3 is 2.30 bits per heavy atom. The highest BCUT2D eigenvalue weighted by atomic mass is 32.2. The number of nitrogens with two attached hydrogens (primary N) is 1.